The van der Waals surface area contributed by atoms with Gasteiger partial charge in [-0.15, -0.1) is 0 Å². The van der Waals surface area contributed by atoms with Gasteiger partial charge in [0.15, 0.2) is 0 Å². The van der Waals surface area contributed by atoms with Crippen molar-refractivity contribution < 1.29 is 4.74 Å². The average Bonchev–Trinajstić information content (AvgIpc) is 2.91. The van der Waals surface area contributed by atoms with Crippen LogP contribution in [0.4, 0.5) is 0 Å². The zero-order valence-corrected chi connectivity index (χ0v) is 13.1. The van der Waals surface area contributed by atoms with Crippen LogP contribution >= 0.6 is 0 Å². The maximum Gasteiger partial charge on any atom is 0.119 e. The lowest BCUT2D eigenvalue weighted by Crippen LogP contribution is -2.33. The predicted octanol–water partition coefficient (Wildman–Crippen LogP) is 3.22. The summed E-state index contributed by atoms with van der Waals surface area (Å²) in [5.74, 6) is 0.958. The molecule has 3 heteroatoms. The van der Waals surface area contributed by atoms with Gasteiger partial charge in [-0.1, -0.05) is 19.1 Å². The quantitative estimate of drug-likeness (QED) is 0.827. The minimum absolute atomic E-state index is 0.231. The number of hydrogen-bond donors (Lipinski definition) is 1. The van der Waals surface area contributed by atoms with E-state index >= 15 is 0 Å². The van der Waals surface area contributed by atoms with Gasteiger partial charge in [0.25, 0.3) is 0 Å². The second kappa shape index (κ2) is 7.65. The molecule has 1 fully saturated rings. The van der Waals surface area contributed by atoms with Gasteiger partial charge in [-0.25, -0.2) is 0 Å². The van der Waals surface area contributed by atoms with Crippen molar-refractivity contribution in [2.24, 2.45) is 0 Å². The van der Waals surface area contributed by atoms with Gasteiger partial charge in [-0.05, 0) is 64.0 Å². The van der Waals surface area contributed by atoms with Crippen molar-refractivity contribution >= 4 is 0 Å². The summed E-state index contributed by atoms with van der Waals surface area (Å²) >= 11 is 0. The first-order chi connectivity index (χ1) is 9.69. The second-order valence-corrected chi connectivity index (χ2v) is 5.85. The summed E-state index contributed by atoms with van der Waals surface area (Å²) in [7, 11) is 0. The Kier molecular flexibility index (Phi) is 5.86. The molecule has 1 unspecified atom stereocenters. The number of likely N-dealkylation sites (N-methyl/N-ethyl adjacent to an activating group) is 1. The standard InChI is InChI=1S/C17H28N2O/c1-4-18-17(13-19-11-5-6-12-19)15-7-9-16(10-8-15)20-14(2)3/h7-10,14,17-18H,4-6,11-13H2,1-3H3. The van der Waals surface area contributed by atoms with E-state index in [1.807, 2.05) is 0 Å². The Hall–Kier alpha value is -1.06. The van der Waals surface area contributed by atoms with Crippen LogP contribution in [0, 0.1) is 0 Å². The number of nitrogens with one attached hydrogen (secondary N) is 1. The molecular weight excluding hydrogens is 248 g/mol. The Balaban J connectivity index is 2.00. The molecule has 112 valence electrons. The Bertz CT molecular complexity index is 382. The zero-order chi connectivity index (χ0) is 14.4. The molecule has 1 aliphatic rings. The summed E-state index contributed by atoms with van der Waals surface area (Å²) in [6.45, 7) is 10.9. The summed E-state index contributed by atoms with van der Waals surface area (Å²) < 4.78 is 5.71. The summed E-state index contributed by atoms with van der Waals surface area (Å²) in [4.78, 5) is 2.56. The van der Waals surface area contributed by atoms with E-state index in [9.17, 15) is 0 Å². The molecule has 1 atom stereocenters. The molecule has 0 aliphatic carbocycles. The summed E-state index contributed by atoms with van der Waals surface area (Å²) in [5.41, 5.74) is 1.36. The van der Waals surface area contributed by atoms with E-state index in [-0.39, 0.29) is 6.10 Å². The van der Waals surface area contributed by atoms with E-state index < -0.39 is 0 Å². The van der Waals surface area contributed by atoms with E-state index in [0.717, 1.165) is 18.8 Å². The van der Waals surface area contributed by atoms with Crippen LogP contribution in [-0.4, -0.2) is 37.2 Å². The van der Waals surface area contributed by atoms with Gasteiger partial charge in [0, 0.05) is 12.6 Å². The fourth-order valence-corrected chi connectivity index (χ4v) is 2.81. The van der Waals surface area contributed by atoms with Crippen molar-refractivity contribution in [1.29, 1.82) is 0 Å². The van der Waals surface area contributed by atoms with Crippen LogP contribution in [0.2, 0.25) is 0 Å². The molecular formula is C17H28N2O. The van der Waals surface area contributed by atoms with Gasteiger partial charge in [0.2, 0.25) is 0 Å². The smallest absolute Gasteiger partial charge is 0.119 e. The van der Waals surface area contributed by atoms with Gasteiger partial charge in [0.05, 0.1) is 6.10 Å². The van der Waals surface area contributed by atoms with Crippen LogP contribution in [0.5, 0.6) is 5.75 Å². The van der Waals surface area contributed by atoms with E-state index in [2.05, 4.69) is 55.3 Å². The molecule has 20 heavy (non-hydrogen) atoms. The van der Waals surface area contributed by atoms with Crippen molar-refractivity contribution in [1.82, 2.24) is 10.2 Å². The van der Waals surface area contributed by atoms with Crippen LogP contribution in [0.15, 0.2) is 24.3 Å². The lowest BCUT2D eigenvalue weighted by atomic mass is 10.1. The number of ether oxygens (including phenoxy) is 1. The predicted molar refractivity (Wildman–Crippen MR) is 84.3 cm³/mol. The molecule has 1 N–H and O–H groups in total. The first-order valence-electron chi connectivity index (χ1n) is 7.91. The highest BCUT2D eigenvalue weighted by Crippen LogP contribution is 2.21. The molecule has 2 rings (SSSR count). The molecule has 0 bridgehead atoms. The molecule has 0 amide bonds. The molecule has 1 saturated heterocycles. The Labute approximate surface area is 123 Å². The lowest BCUT2D eigenvalue weighted by molar-refractivity contribution is 0.242. The number of likely N-dealkylation sites (tertiary alicyclic amines) is 1. The topological polar surface area (TPSA) is 24.5 Å². The van der Waals surface area contributed by atoms with Crippen LogP contribution in [-0.2, 0) is 0 Å². The average molecular weight is 276 g/mol. The lowest BCUT2D eigenvalue weighted by Gasteiger charge is -2.24. The molecule has 0 saturated carbocycles. The summed E-state index contributed by atoms with van der Waals surface area (Å²) in [6, 6.07) is 8.99. The van der Waals surface area contributed by atoms with Gasteiger partial charge in [0.1, 0.15) is 5.75 Å². The van der Waals surface area contributed by atoms with E-state index in [1.54, 1.807) is 0 Å². The van der Waals surface area contributed by atoms with Crippen molar-refractivity contribution in [2.45, 2.75) is 45.8 Å². The molecule has 0 spiro atoms. The number of rotatable bonds is 7. The first kappa shape index (κ1) is 15.3. The molecule has 1 aromatic carbocycles. The third-order valence-corrected chi connectivity index (χ3v) is 3.74. The fourth-order valence-electron chi connectivity index (χ4n) is 2.81. The van der Waals surface area contributed by atoms with Crippen LogP contribution in [0.1, 0.15) is 45.2 Å². The molecule has 1 aliphatic heterocycles. The highest BCUT2D eigenvalue weighted by molar-refractivity contribution is 5.29. The van der Waals surface area contributed by atoms with Gasteiger partial charge in [-0.3, -0.25) is 0 Å². The third kappa shape index (κ3) is 4.50. The number of hydrogen-bond acceptors (Lipinski definition) is 3. The first-order valence-corrected chi connectivity index (χ1v) is 7.91. The van der Waals surface area contributed by atoms with Crippen LogP contribution in [0.25, 0.3) is 0 Å². The largest absolute Gasteiger partial charge is 0.491 e. The highest BCUT2D eigenvalue weighted by Gasteiger charge is 2.18. The normalized spacial score (nSPS) is 17.6. The monoisotopic (exact) mass is 276 g/mol. The van der Waals surface area contributed by atoms with Crippen molar-refractivity contribution in [2.75, 3.05) is 26.2 Å². The van der Waals surface area contributed by atoms with E-state index in [1.165, 1.54) is 31.5 Å². The van der Waals surface area contributed by atoms with Gasteiger partial charge < -0.3 is 15.0 Å². The van der Waals surface area contributed by atoms with Crippen molar-refractivity contribution in [3.05, 3.63) is 29.8 Å². The Morgan fingerprint density at radius 1 is 1.15 bits per heavy atom. The second-order valence-electron chi connectivity index (χ2n) is 5.85. The maximum absolute atomic E-state index is 5.71. The van der Waals surface area contributed by atoms with Crippen molar-refractivity contribution in [3.8, 4) is 5.75 Å². The molecule has 1 heterocycles. The third-order valence-electron chi connectivity index (χ3n) is 3.74. The van der Waals surface area contributed by atoms with Gasteiger partial charge >= 0.3 is 0 Å². The van der Waals surface area contributed by atoms with Crippen LogP contribution in [0.3, 0.4) is 0 Å². The highest BCUT2D eigenvalue weighted by atomic mass is 16.5. The van der Waals surface area contributed by atoms with Crippen LogP contribution < -0.4 is 10.1 Å². The number of nitrogens with zero attached hydrogens (tertiary/aromatic N) is 1. The zero-order valence-electron chi connectivity index (χ0n) is 13.1. The Morgan fingerprint density at radius 3 is 2.35 bits per heavy atom. The molecule has 3 nitrogen and oxygen atoms in total. The van der Waals surface area contributed by atoms with Crippen molar-refractivity contribution in [3.63, 3.8) is 0 Å². The minimum Gasteiger partial charge on any atom is -0.491 e. The van der Waals surface area contributed by atoms with E-state index in [4.69, 9.17) is 4.74 Å². The fraction of sp³-hybridized carbons (Fsp3) is 0.647. The molecule has 0 radical (unpaired) electrons. The maximum atomic E-state index is 5.71. The Morgan fingerprint density at radius 2 is 1.80 bits per heavy atom. The molecule has 1 aromatic rings. The SMILES string of the molecule is CCNC(CN1CCCC1)c1ccc(OC(C)C)cc1. The van der Waals surface area contributed by atoms with Gasteiger partial charge in [-0.2, -0.15) is 0 Å². The summed E-state index contributed by atoms with van der Waals surface area (Å²) in [5, 5.41) is 3.60. The molecule has 0 aromatic heterocycles. The van der Waals surface area contributed by atoms with E-state index in [0.29, 0.717) is 6.04 Å². The minimum atomic E-state index is 0.231. The number of benzene rings is 1. The summed E-state index contributed by atoms with van der Waals surface area (Å²) in [6.07, 6.45) is 2.93.